The number of hydrogen-bond donors (Lipinski definition) is 1. The van der Waals surface area contributed by atoms with Crippen molar-refractivity contribution in [2.45, 2.75) is 39.0 Å². The molecular formula is C21H26N4O3S. The Morgan fingerprint density at radius 3 is 2.62 bits per heavy atom. The number of nitrogens with zero attached hydrogens (tertiary/aromatic N) is 4. The molecule has 8 heteroatoms. The molecule has 29 heavy (non-hydrogen) atoms. The predicted octanol–water partition coefficient (Wildman–Crippen LogP) is 3.44. The number of benzene rings is 2. The minimum absolute atomic E-state index is 0.202. The van der Waals surface area contributed by atoms with Crippen LogP contribution in [0.1, 0.15) is 22.3 Å². The Bertz CT molecular complexity index is 990. The standard InChI is InChI=1S/C21H26N4O3S/c1-13-6-9-19(27-5)18(10-13)25-21(22-23-24-25)29-12-17(26)11-28-20-15(3)8-7-14(2)16(20)4/h6-10,17,26H,11-12H2,1-5H3/t17-/m0/s1. The zero-order valence-corrected chi connectivity index (χ0v) is 18.2. The molecule has 0 saturated carbocycles. The molecule has 1 atom stereocenters. The predicted molar refractivity (Wildman–Crippen MR) is 113 cm³/mol. The van der Waals surface area contributed by atoms with Gasteiger partial charge in [0.2, 0.25) is 5.16 Å². The van der Waals surface area contributed by atoms with Gasteiger partial charge in [-0.15, -0.1) is 5.10 Å². The summed E-state index contributed by atoms with van der Waals surface area (Å²) in [5, 5.41) is 22.9. The molecule has 0 unspecified atom stereocenters. The maximum Gasteiger partial charge on any atom is 0.214 e. The van der Waals surface area contributed by atoms with Gasteiger partial charge in [0, 0.05) is 5.75 Å². The molecule has 2 aromatic carbocycles. The van der Waals surface area contributed by atoms with Gasteiger partial charge in [0.05, 0.1) is 13.2 Å². The van der Waals surface area contributed by atoms with E-state index in [0.717, 1.165) is 28.1 Å². The zero-order valence-electron chi connectivity index (χ0n) is 17.3. The first kappa shape index (κ1) is 21.1. The lowest BCUT2D eigenvalue weighted by Crippen LogP contribution is -2.21. The maximum absolute atomic E-state index is 10.4. The molecule has 0 aliphatic carbocycles. The molecule has 0 bridgehead atoms. The van der Waals surface area contributed by atoms with E-state index >= 15 is 0 Å². The van der Waals surface area contributed by atoms with Gasteiger partial charge in [0.25, 0.3) is 0 Å². The van der Waals surface area contributed by atoms with Crippen molar-refractivity contribution in [2.24, 2.45) is 0 Å². The molecule has 0 aliphatic rings. The van der Waals surface area contributed by atoms with Crippen molar-refractivity contribution in [3.05, 3.63) is 52.6 Å². The quantitative estimate of drug-likeness (QED) is 0.566. The molecule has 0 spiro atoms. The van der Waals surface area contributed by atoms with Gasteiger partial charge < -0.3 is 14.6 Å². The molecule has 1 aromatic heterocycles. The summed E-state index contributed by atoms with van der Waals surface area (Å²) < 4.78 is 13.0. The van der Waals surface area contributed by atoms with Crippen molar-refractivity contribution < 1.29 is 14.6 Å². The van der Waals surface area contributed by atoms with Crippen LogP contribution in [0.4, 0.5) is 0 Å². The number of tetrazole rings is 1. The first-order valence-electron chi connectivity index (χ1n) is 9.34. The monoisotopic (exact) mass is 414 g/mol. The molecule has 3 rings (SSSR count). The van der Waals surface area contributed by atoms with E-state index in [1.165, 1.54) is 17.3 Å². The largest absolute Gasteiger partial charge is 0.494 e. The van der Waals surface area contributed by atoms with Crippen molar-refractivity contribution in [2.75, 3.05) is 19.5 Å². The molecule has 1 N–H and O–H groups in total. The number of aliphatic hydroxyl groups is 1. The number of ether oxygens (including phenoxy) is 2. The lowest BCUT2D eigenvalue weighted by molar-refractivity contribution is 0.125. The Morgan fingerprint density at radius 2 is 1.86 bits per heavy atom. The summed E-state index contributed by atoms with van der Waals surface area (Å²) in [6.07, 6.45) is -0.663. The van der Waals surface area contributed by atoms with E-state index in [0.29, 0.717) is 16.7 Å². The second kappa shape index (κ2) is 9.28. The first-order valence-corrected chi connectivity index (χ1v) is 10.3. The third-order valence-corrected chi connectivity index (χ3v) is 5.77. The van der Waals surface area contributed by atoms with Crippen LogP contribution in [0.25, 0.3) is 5.69 Å². The van der Waals surface area contributed by atoms with Gasteiger partial charge in [0.1, 0.15) is 23.8 Å². The van der Waals surface area contributed by atoms with Gasteiger partial charge in [-0.1, -0.05) is 30.0 Å². The molecule has 1 heterocycles. The summed E-state index contributed by atoms with van der Waals surface area (Å²) in [4.78, 5) is 0. The normalized spacial score (nSPS) is 12.1. The number of aryl methyl sites for hydroxylation is 3. The van der Waals surface area contributed by atoms with Crippen LogP contribution >= 0.6 is 11.8 Å². The van der Waals surface area contributed by atoms with E-state index in [2.05, 4.69) is 21.6 Å². The van der Waals surface area contributed by atoms with Crippen molar-refractivity contribution in [1.29, 1.82) is 0 Å². The van der Waals surface area contributed by atoms with Gasteiger partial charge in [-0.05, 0) is 72.5 Å². The summed E-state index contributed by atoms with van der Waals surface area (Å²) in [5.74, 6) is 1.92. The van der Waals surface area contributed by atoms with Crippen LogP contribution in [0.2, 0.25) is 0 Å². The highest BCUT2D eigenvalue weighted by molar-refractivity contribution is 7.99. The highest BCUT2D eigenvalue weighted by Crippen LogP contribution is 2.28. The fourth-order valence-corrected chi connectivity index (χ4v) is 3.72. The Labute approximate surface area is 175 Å². The highest BCUT2D eigenvalue weighted by Gasteiger charge is 2.16. The van der Waals surface area contributed by atoms with E-state index in [1.54, 1.807) is 11.8 Å². The summed E-state index contributed by atoms with van der Waals surface area (Å²) in [6, 6.07) is 9.92. The second-order valence-electron chi connectivity index (χ2n) is 6.98. The minimum Gasteiger partial charge on any atom is -0.494 e. The van der Waals surface area contributed by atoms with Crippen LogP contribution in [0.5, 0.6) is 11.5 Å². The van der Waals surface area contributed by atoms with Crippen molar-refractivity contribution in [3.8, 4) is 17.2 Å². The topological polar surface area (TPSA) is 82.3 Å². The van der Waals surface area contributed by atoms with Crippen molar-refractivity contribution in [1.82, 2.24) is 20.2 Å². The lowest BCUT2D eigenvalue weighted by Gasteiger charge is -2.16. The minimum atomic E-state index is -0.663. The average Bonchev–Trinajstić information content (AvgIpc) is 3.17. The van der Waals surface area contributed by atoms with Crippen molar-refractivity contribution in [3.63, 3.8) is 0 Å². The number of aromatic nitrogens is 4. The van der Waals surface area contributed by atoms with Gasteiger partial charge in [-0.3, -0.25) is 0 Å². The second-order valence-corrected chi connectivity index (χ2v) is 7.97. The Balaban J connectivity index is 1.66. The Morgan fingerprint density at radius 1 is 1.10 bits per heavy atom. The van der Waals surface area contributed by atoms with Crippen LogP contribution in [-0.4, -0.2) is 50.9 Å². The number of methoxy groups -OCH3 is 1. The highest BCUT2D eigenvalue weighted by atomic mass is 32.2. The number of aliphatic hydroxyl groups excluding tert-OH is 1. The molecule has 0 aliphatic heterocycles. The third kappa shape index (κ3) is 4.89. The molecule has 3 aromatic rings. The van der Waals surface area contributed by atoms with Gasteiger partial charge >= 0.3 is 0 Å². The van der Waals surface area contributed by atoms with E-state index in [9.17, 15) is 5.11 Å². The lowest BCUT2D eigenvalue weighted by atomic mass is 10.1. The molecular weight excluding hydrogens is 388 g/mol. The number of thioether (sulfide) groups is 1. The van der Waals surface area contributed by atoms with E-state index in [4.69, 9.17) is 9.47 Å². The Kier molecular flexibility index (Phi) is 6.76. The summed E-state index contributed by atoms with van der Waals surface area (Å²) in [6.45, 7) is 8.28. The van der Waals surface area contributed by atoms with Crippen LogP contribution in [-0.2, 0) is 0 Å². The van der Waals surface area contributed by atoms with Crippen molar-refractivity contribution >= 4 is 11.8 Å². The molecule has 7 nitrogen and oxygen atoms in total. The SMILES string of the molecule is COc1ccc(C)cc1-n1nnnc1SC[C@@H](O)COc1c(C)ccc(C)c1C. The van der Waals surface area contributed by atoms with E-state index in [1.807, 2.05) is 52.0 Å². The fourth-order valence-electron chi connectivity index (χ4n) is 2.93. The van der Waals surface area contributed by atoms with Crippen LogP contribution < -0.4 is 9.47 Å². The third-order valence-electron chi connectivity index (χ3n) is 4.70. The first-order chi connectivity index (χ1) is 13.9. The molecule has 0 radical (unpaired) electrons. The molecule has 0 saturated heterocycles. The number of rotatable bonds is 8. The fraction of sp³-hybridized carbons (Fsp3) is 0.381. The van der Waals surface area contributed by atoms with Gasteiger partial charge in [-0.25, -0.2) is 0 Å². The van der Waals surface area contributed by atoms with Crippen LogP contribution in [0.15, 0.2) is 35.5 Å². The smallest absolute Gasteiger partial charge is 0.214 e. The van der Waals surface area contributed by atoms with Gasteiger partial charge in [-0.2, -0.15) is 4.68 Å². The van der Waals surface area contributed by atoms with Crippen LogP contribution in [0, 0.1) is 27.7 Å². The maximum atomic E-state index is 10.4. The zero-order chi connectivity index (χ0) is 21.0. The Hall–Kier alpha value is -2.58. The number of hydrogen-bond acceptors (Lipinski definition) is 7. The molecule has 154 valence electrons. The average molecular weight is 415 g/mol. The van der Waals surface area contributed by atoms with E-state index in [-0.39, 0.29) is 6.61 Å². The summed E-state index contributed by atoms with van der Waals surface area (Å²) in [7, 11) is 1.61. The summed E-state index contributed by atoms with van der Waals surface area (Å²) >= 11 is 1.37. The van der Waals surface area contributed by atoms with Gasteiger partial charge in [0.15, 0.2) is 0 Å². The van der Waals surface area contributed by atoms with E-state index < -0.39 is 6.10 Å². The van der Waals surface area contributed by atoms with Crippen LogP contribution in [0.3, 0.4) is 0 Å². The molecule has 0 fully saturated rings. The summed E-state index contributed by atoms with van der Waals surface area (Å²) in [5.41, 5.74) is 5.16. The molecule has 0 amide bonds.